The number of carbonyl (C=O) groups is 1. The number of rotatable bonds is 5. The smallest absolute Gasteiger partial charge is 0.223 e. The molecule has 1 amide bonds. The van der Waals surface area contributed by atoms with Crippen molar-refractivity contribution in [3.8, 4) is 5.75 Å². The maximum Gasteiger partial charge on any atom is 0.223 e. The molecule has 17 heavy (non-hydrogen) atoms. The highest BCUT2D eigenvalue weighted by atomic mass is 19.1. The van der Waals surface area contributed by atoms with E-state index in [2.05, 4.69) is 0 Å². The van der Waals surface area contributed by atoms with Crippen LogP contribution in [0.15, 0.2) is 18.2 Å². The second kappa shape index (κ2) is 5.63. The van der Waals surface area contributed by atoms with Gasteiger partial charge in [-0.05, 0) is 13.0 Å². The fraction of sp³-hybridized carbons (Fsp3) is 0.417. The first kappa shape index (κ1) is 13.4. The first-order chi connectivity index (χ1) is 7.91. The van der Waals surface area contributed by atoms with Gasteiger partial charge in [-0.15, -0.1) is 0 Å². The predicted octanol–water partition coefficient (Wildman–Crippen LogP) is 1.35. The summed E-state index contributed by atoms with van der Waals surface area (Å²) in [5, 5.41) is 0. The molecule has 0 aliphatic carbocycles. The molecule has 5 heteroatoms. The van der Waals surface area contributed by atoms with Crippen molar-refractivity contribution in [2.45, 2.75) is 19.9 Å². The fourth-order valence-corrected chi connectivity index (χ4v) is 1.27. The quantitative estimate of drug-likeness (QED) is 0.815. The van der Waals surface area contributed by atoms with Gasteiger partial charge >= 0.3 is 0 Å². The fourth-order valence-electron chi connectivity index (χ4n) is 1.27. The number of hydrogen-bond donors (Lipinski definition) is 2. The maximum absolute atomic E-state index is 13.5. The van der Waals surface area contributed by atoms with Crippen LogP contribution in [0.1, 0.15) is 25.5 Å². The number of halogens is 1. The summed E-state index contributed by atoms with van der Waals surface area (Å²) in [6, 6.07) is 4.08. The highest BCUT2D eigenvalue weighted by Gasteiger charge is 2.11. The number of ether oxygens (including phenoxy) is 1. The van der Waals surface area contributed by atoms with Crippen molar-refractivity contribution in [2.24, 2.45) is 17.4 Å². The summed E-state index contributed by atoms with van der Waals surface area (Å²) in [4.78, 5) is 10.8. The number of hydrogen-bond acceptors (Lipinski definition) is 3. The van der Waals surface area contributed by atoms with Crippen molar-refractivity contribution in [1.29, 1.82) is 0 Å². The van der Waals surface area contributed by atoms with E-state index in [1.807, 2.05) is 0 Å². The molecule has 2 atom stereocenters. The monoisotopic (exact) mass is 240 g/mol. The first-order valence-corrected chi connectivity index (χ1v) is 5.39. The highest BCUT2D eigenvalue weighted by molar-refractivity contribution is 5.76. The summed E-state index contributed by atoms with van der Waals surface area (Å²) in [6.07, 6.45) is 0. The lowest BCUT2D eigenvalue weighted by molar-refractivity contribution is -0.122. The van der Waals surface area contributed by atoms with Crippen LogP contribution >= 0.6 is 0 Å². The van der Waals surface area contributed by atoms with Crippen molar-refractivity contribution < 1.29 is 13.9 Å². The molecule has 0 aliphatic rings. The van der Waals surface area contributed by atoms with E-state index < -0.39 is 17.6 Å². The molecule has 1 rings (SSSR count). The summed E-state index contributed by atoms with van der Waals surface area (Å²) in [7, 11) is 0. The number of nitrogens with two attached hydrogens (primary N) is 2. The van der Waals surface area contributed by atoms with E-state index >= 15 is 0 Å². The van der Waals surface area contributed by atoms with Gasteiger partial charge in [-0.25, -0.2) is 4.39 Å². The first-order valence-electron chi connectivity index (χ1n) is 5.39. The summed E-state index contributed by atoms with van der Waals surface area (Å²) in [5.74, 6) is -0.909. The lowest BCUT2D eigenvalue weighted by atomic mass is 10.1. The van der Waals surface area contributed by atoms with E-state index in [-0.39, 0.29) is 12.6 Å². The maximum atomic E-state index is 13.5. The van der Waals surface area contributed by atoms with Gasteiger partial charge in [0.2, 0.25) is 5.91 Å². The Balaban J connectivity index is 2.68. The van der Waals surface area contributed by atoms with Gasteiger partial charge in [-0.2, -0.15) is 0 Å². The largest absolute Gasteiger partial charge is 0.493 e. The average molecular weight is 240 g/mol. The Hall–Kier alpha value is -1.62. The lowest BCUT2D eigenvalue weighted by Crippen LogP contribution is -2.25. The Morgan fingerprint density at radius 1 is 1.47 bits per heavy atom. The zero-order valence-electron chi connectivity index (χ0n) is 9.94. The molecule has 1 aromatic rings. The molecule has 2 unspecified atom stereocenters. The van der Waals surface area contributed by atoms with Crippen LogP contribution in [-0.2, 0) is 4.79 Å². The number of primary amides is 1. The highest BCUT2D eigenvalue weighted by Crippen LogP contribution is 2.20. The summed E-state index contributed by atoms with van der Waals surface area (Å²) >= 11 is 0. The molecule has 4 nitrogen and oxygen atoms in total. The van der Waals surface area contributed by atoms with Crippen molar-refractivity contribution >= 4 is 5.91 Å². The van der Waals surface area contributed by atoms with E-state index in [4.69, 9.17) is 16.2 Å². The SMILES string of the molecule is CC(COc1ccc(C(C)N)c(F)c1)C(N)=O. The summed E-state index contributed by atoms with van der Waals surface area (Å²) in [6.45, 7) is 3.48. The van der Waals surface area contributed by atoms with Crippen LogP contribution in [0.4, 0.5) is 4.39 Å². The van der Waals surface area contributed by atoms with Gasteiger partial charge in [0.05, 0.1) is 12.5 Å². The van der Waals surface area contributed by atoms with Gasteiger partial charge in [0.25, 0.3) is 0 Å². The van der Waals surface area contributed by atoms with E-state index in [9.17, 15) is 9.18 Å². The molecular formula is C12H17FN2O2. The van der Waals surface area contributed by atoms with Gasteiger partial charge in [0, 0.05) is 17.7 Å². The van der Waals surface area contributed by atoms with Crippen molar-refractivity contribution in [2.75, 3.05) is 6.61 Å². The lowest BCUT2D eigenvalue weighted by Gasteiger charge is -2.12. The summed E-state index contributed by atoms with van der Waals surface area (Å²) < 4.78 is 18.8. The molecule has 4 N–H and O–H groups in total. The third-order valence-electron chi connectivity index (χ3n) is 2.45. The van der Waals surface area contributed by atoms with Crippen LogP contribution in [0.3, 0.4) is 0 Å². The standard InChI is InChI=1S/C12H17FN2O2/c1-7(12(15)16)6-17-9-3-4-10(8(2)14)11(13)5-9/h3-5,7-8H,6,14H2,1-2H3,(H2,15,16). The van der Waals surface area contributed by atoms with E-state index in [1.165, 1.54) is 6.07 Å². The Morgan fingerprint density at radius 3 is 2.59 bits per heavy atom. The van der Waals surface area contributed by atoms with Crippen molar-refractivity contribution in [1.82, 2.24) is 0 Å². The molecule has 0 heterocycles. The van der Waals surface area contributed by atoms with Crippen LogP contribution in [0, 0.1) is 11.7 Å². The average Bonchev–Trinajstić information content (AvgIpc) is 2.25. The Labute approximate surface area is 99.7 Å². The minimum atomic E-state index is -0.447. The molecule has 0 aromatic heterocycles. The molecule has 0 saturated heterocycles. The van der Waals surface area contributed by atoms with Crippen LogP contribution in [0.25, 0.3) is 0 Å². The molecule has 0 saturated carbocycles. The molecule has 94 valence electrons. The van der Waals surface area contributed by atoms with E-state index in [1.54, 1.807) is 26.0 Å². The van der Waals surface area contributed by atoms with Gasteiger partial charge < -0.3 is 16.2 Å². The molecular weight excluding hydrogens is 223 g/mol. The van der Waals surface area contributed by atoms with E-state index in [0.717, 1.165) is 0 Å². The summed E-state index contributed by atoms with van der Waals surface area (Å²) in [5.41, 5.74) is 11.1. The zero-order valence-corrected chi connectivity index (χ0v) is 9.94. The van der Waals surface area contributed by atoms with Crippen molar-refractivity contribution in [3.63, 3.8) is 0 Å². The minimum absolute atomic E-state index is 0.131. The second-order valence-corrected chi connectivity index (χ2v) is 4.09. The Kier molecular flexibility index (Phi) is 4.45. The molecule has 0 fully saturated rings. The third-order valence-corrected chi connectivity index (χ3v) is 2.45. The predicted molar refractivity (Wildman–Crippen MR) is 62.9 cm³/mol. The van der Waals surface area contributed by atoms with Crippen LogP contribution in [0.2, 0.25) is 0 Å². The number of amides is 1. The number of benzene rings is 1. The zero-order chi connectivity index (χ0) is 13.0. The van der Waals surface area contributed by atoms with Gasteiger partial charge in [-0.1, -0.05) is 13.0 Å². The molecule has 0 aliphatic heterocycles. The minimum Gasteiger partial charge on any atom is -0.493 e. The van der Waals surface area contributed by atoms with E-state index in [0.29, 0.717) is 11.3 Å². The van der Waals surface area contributed by atoms with Crippen LogP contribution < -0.4 is 16.2 Å². The van der Waals surface area contributed by atoms with Gasteiger partial charge in [0.15, 0.2) is 0 Å². The van der Waals surface area contributed by atoms with Crippen molar-refractivity contribution in [3.05, 3.63) is 29.6 Å². The number of carbonyl (C=O) groups excluding carboxylic acids is 1. The normalized spacial score (nSPS) is 14.1. The molecule has 0 radical (unpaired) electrons. The molecule has 0 bridgehead atoms. The third kappa shape index (κ3) is 3.71. The van der Waals surface area contributed by atoms with Crippen LogP contribution in [-0.4, -0.2) is 12.5 Å². The molecule has 1 aromatic carbocycles. The second-order valence-electron chi connectivity index (χ2n) is 4.09. The van der Waals surface area contributed by atoms with Gasteiger partial charge in [0.1, 0.15) is 11.6 Å². The van der Waals surface area contributed by atoms with Crippen LogP contribution in [0.5, 0.6) is 5.75 Å². The van der Waals surface area contributed by atoms with Gasteiger partial charge in [-0.3, -0.25) is 4.79 Å². The Bertz CT molecular complexity index is 407. The molecule has 0 spiro atoms. The Morgan fingerprint density at radius 2 is 2.12 bits per heavy atom. The topological polar surface area (TPSA) is 78.3 Å².